The zero-order valence-electron chi connectivity index (χ0n) is 12.3. The van der Waals surface area contributed by atoms with Gasteiger partial charge >= 0.3 is 0 Å². The number of nitrogens with two attached hydrogens (primary N) is 1. The second kappa shape index (κ2) is 4.64. The molecule has 0 saturated heterocycles. The van der Waals surface area contributed by atoms with Crippen molar-refractivity contribution in [3.05, 3.63) is 35.4 Å². The summed E-state index contributed by atoms with van der Waals surface area (Å²) in [6.45, 7) is 8.00. The minimum Gasteiger partial charge on any atom is -0.348 e. The van der Waals surface area contributed by atoms with E-state index in [2.05, 4.69) is 37.4 Å². The molecule has 1 aromatic rings. The molecule has 0 bridgehead atoms. The van der Waals surface area contributed by atoms with Crippen molar-refractivity contribution in [2.45, 2.75) is 57.5 Å². The Morgan fingerprint density at radius 2 is 2.00 bits per heavy atom. The largest absolute Gasteiger partial charge is 0.348 e. The Morgan fingerprint density at radius 3 is 2.63 bits per heavy atom. The molecule has 0 heterocycles. The van der Waals surface area contributed by atoms with Crippen LogP contribution < -0.4 is 11.1 Å². The Bertz CT molecular complexity index is 486. The highest BCUT2D eigenvalue weighted by Crippen LogP contribution is 2.41. The molecular weight excluding hydrogens is 236 g/mol. The summed E-state index contributed by atoms with van der Waals surface area (Å²) in [6, 6.07) is 8.47. The van der Waals surface area contributed by atoms with Crippen LogP contribution in [0.2, 0.25) is 0 Å². The van der Waals surface area contributed by atoms with Crippen LogP contribution in [0, 0.1) is 0 Å². The van der Waals surface area contributed by atoms with Gasteiger partial charge in [-0.3, -0.25) is 4.79 Å². The lowest BCUT2D eigenvalue weighted by Crippen LogP contribution is -2.50. The average molecular weight is 260 g/mol. The fourth-order valence-corrected chi connectivity index (χ4v) is 2.71. The lowest BCUT2D eigenvalue weighted by molar-refractivity contribution is -0.126. The average Bonchev–Trinajstić information content (AvgIpc) is 2.32. The summed E-state index contributed by atoms with van der Waals surface area (Å²) in [5.74, 6) is -0.0907. The third-order valence-corrected chi connectivity index (χ3v) is 4.01. The molecule has 1 aromatic carbocycles. The Kier molecular flexibility index (Phi) is 3.43. The Hall–Kier alpha value is -1.35. The maximum absolute atomic E-state index is 12.1. The van der Waals surface area contributed by atoms with Crippen molar-refractivity contribution in [3.63, 3.8) is 0 Å². The van der Waals surface area contributed by atoms with Crippen LogP contribution in [0.4, 0.5) is 0 Å². The number of hydrogen-bond acceptors (Lipinski definition) is 2. The normalized spacial score (nSPS) is 21.6. The number of hydrogen-bond donors (Lipinski definition) is 2. The van der Waals surface area contributed by atoms with Crippen molar-refractivity contribution in [3.8, 4) is 0 Å². The van der Waals surface area contributed by atoms with Crippen LogP contribution in [-0.4, -0.2) is 11.4 Å². The highest BCUT2D eigenvalue weighted by Gasteiger charge is 2.34. The smallest absolute Gasteiger partial charge is 0.239 e. The zero-order chi connectivity index (χ0) is 14.3. The van der Waals surface area contributed by atoms with Crippen LogP contribution in [0.3, 0.4) is 0 Å². The van der Waals surface area contributed by atoms with Crippen molar-refractivity contribution < 1.29 is 4.79 Å². The van der Waals surface area contributed by atoms with Gasteiger partial charge in [0.25, 0.3) is 0 Å². The van der Waals surface area contributed by atoms with Crippen molar-refractivity contribution in [2.75, 3.05) is 0 Å². The molecule has 3 nitrogen and oxygen atoms in total. The highest BCUT2D eigenvalue weighted by atomic mass is 16.2. The molecule has 1 aliphatic rings. The lowest BCUT2D eigenvalue weighted by atomic mass is 9.71. The monoisotopic (exact) mass is 260 g/mol. The maximum atomic E-state index is 12.1. The van der Waals surface area contributed by atoms with Gasteiger partial charge in [-0.1, -0.05) is 38.1 Å². The molecule has 104 valence electrons. The summed E-state index contributed by atoms with van der Waals surface area (Å²) in [5.41, 5.74) is 7.77. The van der Waals surface area contributed by atoms with Crippen LogP contribution in [-0.2, 0) is 10.2 Å². The maximum Gasteiger partial charge on any atom is 0.239 e. The van der Waals surface area contributed by atoms with E-state index >= 15 is 0 Å². The van der Waals surface area contributed by atoms with Gasteiger partial charge < -0.3 is 11.1 Å². The van der Waals surface area contributed by atoms with Crippen LogP contribution in [0.15, 0.2) is 24.3 Å². The van der Waals surface area contributed by atoms with E-state index < -0.39 is 5.54 Å². The van der Waals surface area contributed by atoms with E-state index in [1.807, 2.05) is 6.07 Å². The molecule has 2 rings (SSSR count). The van der Waals surface area contributed by atoms with Crippen molar-refractivity contribution in [2.24, 2.45) is 5.73 Å². The van der Waals surface area contributed by atoms with Crippen LogP contribution in [0.1, 0.15) is 57.7 Å². The van der Waals surface area contributed by atoms with Crippen molar-refractivity contribution in [1.82, 2.24) is 5.32 Å². The predicted octanol–water partition coefficient (Wildman–Crippen LogP) is 2.65. The minimum absolute atomic E-state index is 0.0829. The summed E-state index contributed by atoms with van der Waals surface area (Å²) in [5, 5.41) is 3.09. The van der Waals surface area contributed by atoms with E-state index in [0.29, 0.717) is 0 Å². The molecule has 0 radical (unpaired) electrons. The summed E-state index contributed by atoms with van der Waals surface area (Å²) < 4.78 is 0. The van der Waals surface area contributed by atoms with Crippen LogP contribution in [0.5, 0.6) is 0 Å². The number of rotatable bonds is 2. The fourth-order valence-electron chi connectivity index (χ4n) is 2.71. The molecule has 1 unspecified atom stereocenters. The van der Waals surface area contributed by atoms with Gasteiger partial charge in [0.2, 0.25) is 5.91 Å². The van der Waals surface area contributed by atoms with Gasteiger partial charge in [0.1, 0.15) is 0 Å². The second-order valence-electron chi connectivity index (χ2n) is 6.76. The SMILES string of the molecule is CC(C)(N)C(=O)NC1CCC(C)(C)c2ccccc21. The van der Waals surface area contributed by atoms with Gasteiger partial charge in [-0.15, -0.1) is 0 Å². The van der Waals surface area contributed by atoms with Crippen molar-refractivity contribution >= 4 is 5.91 Å². The molecule has 3 heteroatoms. The molecule has 1 amide bonds. The Morgan fingerprint density at radius 1 is 1.37 bits per heavy atom. The zero-order valence-corrected chi connectivity index (χ0v) is 12.3. The molecule has 19 heavy (non-hydrogen) atoms. The Labute approximate surface area is 115 Å². The van der Waals surface area contributed by atoms with E-state index in [-0.39, 0.29) is 17.4 Å². The summed E-state index contributed by atoms with van der Waals surface area (Å²) in [4.78, 5) is 12.1. The molecule has 0 aliphatic heterocycles. The molecule has 1 atom stereocenters. The summed E-state index contributed by atoms with van der Waals surface area (Å²) in [6.07, 6.45) is 2.03. The number of fused-ring (bicyclic) bond motifs is 1. The molecule has 0 spiro atoms. The first-order valence-corrected chi connectivity index (χ1v) is 6.91. The first kappa shape index (κ1) is 14.1. The summed E-state index contributed by atoms with van der Waals surface area (Å²) >= 11 is 0. The number of benzene rings is 1. The van der Waals surface area contributed by atoms with Crippen molar-refractivity contribution in [1.29, 1.82) is 0 Å². The third kappa shape index (κ3) is 2.81. The molecule has 3 N–H and O–H groups in total. The molecule has 0 saturated carbocycles. The third-order valence-electron chi connectivity index (χ3n) is 4.01. The minimum atomic E-state index is -0.831. The van der Waals surface area contributed by atoms with Gasteiger partial charge in [0.05, 0.1) is 11.6 Å². The number of nitrogens with one attached hydrogen (secondary N) is 1. The molecule has 0 aromatic heterocycles. The second-order valence-corrected chi connectivity index (χ2v) is 6.76. The van der Waals surface area contributed by atoms with Gasteiger partial charge in [-0.05, 0) is 43.2 Å². The fraction of sp³-hybridized carbons (Fsp3) is 0.562. The van der Waals surface area contributed by atoms with E-state index in [0.717, 1.165) is 12.8 Å². The topological polar surface area (TPSA) is 55.1 Å². The molecular formula is C16H24N2O. The number of amides is 1. The summed E-state index contributed by atoms with van der Waals surface area (Å²) in [7, 11) is 0. The number of carbonyl (C=O) groups excluding carboxylic acids is 1. The van der Waals surface area contributed by atoms with E-state index in [4.69, 9.17) is 5.73 Å². The highest BCUT2D eigenvalue weighted by molar-refractivity contribution is 5.85. The van der Waals surface area contributed by atoms with Gasteiger partial charge in [0, 0.05) is 0 Å². The Balaban J connectivity index is 2.29. The number of carbonyl (C=O) groups is 1. The van der Waals surface area contributed by atoms with E-state index in [1.165, 1.54) is 11.1 Å². The van der Waals surface area contributed by atoms with Crippen LogP contribution in [0.25, 0.3) is 0 Å². The standard InChI is InChI=1S/C16H24N2O/c1-15(2)10-9-13(18-14(19)16(3,4)17)11-7-5-6-8-12(11)15/h5-8,13H,9-10,17H2,1-4H3,(H,18,19). The van der Waals surface area contributed by atoms with Gasteiger partial charge in [-0.2, -0.15) is 0 Å². The molecule has 0 fully saturated rings. The quantitative estimate of drug-likeness (QED) is 0.859. The van der Waals surface area contributed by atoms with E-state index in [9.17, 15) is 4.79 Å². The van der Waals surface area contributed by atoms with E-state index in [1.54, 1.807) is 13.8 Å². The lowest BCUT2D eigenvalue weighted by Gasteiger charge is -2.38. The first-order chi connectivity index (χ1) is 8.72. The predicted molar refractivity (Wildman–Crippen MR) is 77.9 cm³/mol. The first-order valence-electron chi connectivity index (χ1n) is 6.91. The molecule has 1 aliphatic carbocycles. The van der Waals surface area contributed by atoms with Gasteiger partial charge in [-0.25, -0.2) is 0 Å². The van der Waals surface area contributed by atoms with Gasteiger partial charge in [0.15, 0.2) is 0 Å². The van der Waals surface area contributed by atoms with Crippen LogP contribution >= 0.6 is 0 Å².